The molecule has 1 aromatic heterocycles. The number of H-pyrrole nitrogens is 1. The van der Waals surface area contributed by atoms with Gasteiger partial charge >= 0.3 is 0 Å². The molecule has 0 saturated heterocycles. The van der Waals surface area contributed by atoms with Crippen LogP contribution in [0.3, 0.4) is 0 Å². The fourth-order valence-corrected chi connectivity index (χ4v) is 3.05. The molecular weight excluding hydrogens is 322 g/mol. The molecule has 0 spiro atoms. The second kappa shape index (κ2) is 6.97. The molecule has 24 heavy (non-hydrogen) atoms. The van der Waals surface area contributed by atoms with Crippen LogP contribution in [0.15, 0.2) is 42.5 Å². The van der Waals surface area contributed by atoms with Gasteiger partial charge in [-0.05, 0) is 43.7 Å². The number of nitrogens with one attached hydrogen (secondary N) is 3. The molecule has 3 N–H and O–H groups in total. The van der Waals surface area contributed by atoms with E-state index in [2.05, 4.69) is 15.6 Å². The van der Waals surface area contributed by atoms with Gasteiger partial charge < -0.3 is 15.6 Å². The Kier molecular flexibility index (Phi) is 4.76. The lowest BCUT2D eigenvalue weighted by Gasteiger charge is -2.12. The maximum Gasteiger partial charge on any atom is 0.228 e. The van der Waals surface area contributed by atoms with Gasteiger partial charge in [0.05, 0.1) is 17.8 Å². The molecule has 5 heteroatoms. The summed E-state index contributed by atoms with van der Waals surface area (Å²) in [6.45, 7) is 4.77. The van der Waals surface area contributed by atoms with E-state index in [9.17, 15) is 4.79 Å². The predicted molar refractivity (Wildman–Crippen MR) is 101 cm³/mol. The number of benzene rings is 2. The number of anilines is 2. The Hall–Kier alpha value is -2.46. The summed E-state index contributed by atoms with van der Waals surface area (Å²) in [6.07, 6.45) is 0.313. The zero-order valence-corrected chi connectivity index (χ0v) is 14.5. The molecule has 3 rings (SSSR count). The highest BCUT2D eigenvalue weighted by Gasteiger charge is 2.13. The molecule has 0 fully saturated rings. The van der Waals surface area contributed by atoms with Crippen LogP contribution in [0.25, 0.3) is 10.9 Å². The number of amides is 1. The first-order chi connectivity index (χ1) is 11.6. The third-order valence-electron chi connectivity index (χ3n) is 3.99. The normalized spacial score (nSPS) is 10.8. The Labute approximate surface area is 146 Å². The van der Waals surface area contributed by atoms with Crippen molar-refractivity contribution in [2.45, 2.75) is 20.3 Å². The zero-order valence-electron chi connectivity index (χ0n) is 13.7. The molecule has 0 unspecified atom stereocenters. The summed E-state index contributed by atoms with van der Waals surface area (Å²) in [7, 11) is 0. The number of aromatic amines is 1. The summed E-state index contributed by atoms with van der Waals surface area (Å²) in [6, 6.07) is 13.5. The topological polar surface area (TPSA) is 56.9 Å². The van der Waals surface area contributed by atoms with E-state index >= 15 is 0 Å². The first-order valence-corrected chi connectivity index (χ1v) is 8.35. The molecule has 0 radical (unpaired) electrons. The van der Waals surface area contributed by atoms with Crippen LogP contribution in [0.1, 0.15) is 18.2 Å². The van der Waals surface area contributed by atoms with Gasteiger partial charge in [0.15, 0.2) is 0 Å². The highest BCUT2D eigenvalue weighted by Crippen LogP contribution is 2.27. The summed E-state index contributed by atoms with van der Waals surface area (Å²) in [4.78, 5) is 15.9. The van der Waals surface area contributed by atoms with Crippen LogP contribution in [0.4, 0.5) is 11.4 Å². The van der Waals surface area contributed by atoms with Gasteiger partial charge in [-0.25, -0.2) is 0 Å². The number of hydrogen-bond acceptors (Lipinski definition) is 2. The van der Waals surface area contributed by atoms with Crippen molar-refractivity contribution >= 4 is 39.8 Å². The SMILES string of the molecule is CCNc1ccc(Cl)cc1NC(=O)Cc1c(C)[nH]c2ccccc12. The van der Waals surface area contributed by atoms with Crippen LogP contribution < -0.4 is 10.6 Å². The number of halogens is 1. The molecule has 4 nitrogen and oxygen atoms in total. The maximum absolute atomic E-state index is 12.5. The van der Waals surface area contributed by atoms with Gasteiger partial charge in [-0.1, -0.05) is 29.8 Å². The number of hydrogen-bond donors (Lipinski definition) is 3. The van der Waals surface area contributed by atoms with Crippen LogP contribution in [0.2, 0.25) is 5.02 Å². The van der Waals surface area contributed by atoms with Crippen LogP contribution in [-0.2, 0) is 11.2 Å². The fraction of sp³-hybridized carbons (Fsp3) is 0.211. The van der Waals surface area contributed by atoms with Crippen molar-refractivity contribution < 1.29 is 4.79 Å². The van der Waals surface area contributed by atoms with E-state index in [4.69, 9.17) is 11.6 Å². The third kappa shape index (κ3) is 3.39. The van der Waals surface area contributed by atoms with Gasteiger partial charge in [0.1, 0.15) is 0 Å². The molecule has 2 aromatic carbocycles. The van der Waals surface area contributed by atoms with Crippen molar-refractivity contribution in [3.05, 3.63) is 58.7 Å². The van der Waals surface area contributed by atoms with Crippen LogP contribution >= 0.6 is 11.6 Å². The maximum atomic E-state index is 12.5. The zero-order chi connectivity index (χ0) is 17.1. The Balaban J connectivity index is 1.83. The Bertz CT molecular complexity index is 885. The minimum atomic E-state index is -0.0655. The Morgan fingerprint density at radius 1 is 1.17 bits per heavy atom. The number of para-hydroxylation sites is 1. The van der Waals surface area contributed by atoms with E-state index in [-0.39, 0.29) is 5.91 Å². The standard InChI is InChI=1S/C19H20ClN3O/c1-3-21-17-9-8-13(20)10-18(17)23-19(24)11-15-12(2)22-16-7-5-4-6-14(15)16/h4-10,21-22H,3,11H2,1-2H3,(H,23,24). The van der Waals surface area contributed by atoms with Gasteiger partial charge in [-0.2, -0.15) is 0 Å². The molecule has 0 bridgehead atoms. The summed E-state index contributed by atoms with van der Waals surface area (Å²) in [5, 5.41) is 7.87. The van der Waals surface area contributed by atoms with Gasteiger partial charge in [0.2, 0.25) is 5.91 Å². The quantitative estimate of drug-likeness (QED) is 0.627. The minimum absolute atomic E-state index is 0.0655. The number of aryl methyl sites for hydroxylation is 1. The van der Waals surface area contributed by atoms with Gasteiger partial charge in [0.25, 0.3) is 0 Å². The highest BCUT2D eigenvalue weighted by molar-refractivity contribution is 6.31. The molecule has 0 aliphatic carbocycles. The van der Waals surface area contributed by atoms with Crippen LogP contribution in [0.5, 0.6) is 0 Å². The van der Waals surface area contributed by atoms with Gasteiger partial charge in [0, 0.05) is 28.2 Å². The molecule has 0 atom stereocenters. The number of aromatic nitrogens is 1. The van der Waals surface area contributed by atoms with E-state index in [1.165, 1.54) is 0 Å². The van der Waals surface area contributed by atoms with Crippen molar-refractivity contribution in [2.75, 3.05) is 17.2 Å². The summed E-state index contributed by atoms with van der Waals surface area (Å²) in [5.74, 6) is -0.0655. The van der Waals surface area contributed by atoms with E-state index in [0.717, 1.165) is 34.4 Å². The van der Waals surface area contributed by atoms with Crippen molar-refractivity contribution in [3.63, 3.8) is 0 Å². The lowest BCUT2D eigenvalue weighted by molar-refractivity contribution is -0.115. The predicted octanol–water partition coefficient (Wildman–Crippen LogP) is 4.74. The Morgan fingerprint density at radius 2 is 1.96 bits per heavy atom. The molecule has 1 heterocycles. The number of rotatable bonds is 5. The Morgan fingerprint density at radius 3 is 2.75 bits per heavy atom. The first-order valence-electron chi connectivity index (χ1n) is 7.98. The van der Waals surface area contributed by atoms with Gasteiger partial charge in [-0.15, -0.1) is 0 Å². The highest BCUT2D eigenvalue weighted by atomic mass is 35.5. The monoisotopic (exact) mass is 341 g/mol. The molecule has 0 aliphatic heterocycles. The van der Waals surface area contributed by atoms with E-state index in [1.807, 2.05) is 44.2 Å². The number of carbonyl (C=O) groups is 1. The molecule has 1 amide bonds. The van der Waals surface area contributed by atoms with E-state index in [1.54, 1.807) is 12.1 Å². The molecule has 3 aromatic rings. The second-order valence-electron chi connectivity index (χ2n) is 5.72. The summed E-state index contributed by atoms with van der Waals surface area (Å²) in [5.41, 5.74) is 4.66. The van der Waals surface area contributed by atoms with Crippen molar-refractivity contribution in [2.24, 2.45) is 0 Å². The third-order valence-corrected chi connectivity index (χ3v) is 4.22. The molecular formula is C19H20ClN3O. The molecule has 124 valence electrons. The second-order valence-corrected chi connectivity index (χ2v) is 6.16. The van der Waals surface area contributed by atoms with E-state index in [0.29, 0.717) is 17.1 Å². The van der Waals surface area contributed by atoms with Crippen LogP contribution in [-0.4, -0.2) is 17.4 Å². The summed E-state index contributed by atoms with van der Waals surface area (Å²) >= 11 is 6.06. The number of carbonyl (C=O) groups excluding carboxylic acids is 1. The largest absolute Gasteiger partial charge is 0.384 e. The van der Waals surface area contributed by atoms with Crippen molar-refractivity contribution in [1.82, 2.24) is 4.98 Å². The summed E-state index contributed by atoms with van der Waals surface area (Å²) < 4.78 is 0. The van der Waals surface area contributed by atoms with Gasteiger partial charge in [-0.3, -0.25) is 4.79 Å². The van der Waals surface area contributed by atoms with Crippen molar-refractivity contribution in [3.8, 4) is 0 Å². The van der Waals surface area contributed by atoms with Crippen molar-refractivity contribution in [1.29, 1.82) is 0 Å². The average Bonchev–Trinajstić information content (AvgIpc) is 2.86. The lowest BCUT2D eigenvalue weighted by atomic mass is 10.1. The fourth-order valence-electron chi connectivity index (χ4n) is 2.88. The van der Waals surface area contributed by atoms with E-state index < -0.39 is 0 Å². The average molecular weight is 342 g/mol. The minimum Gasteiger partial charge on any atom is -0.384 e. The molecule has 0 aliphatic rings. The lowest BCUT2D eigenvalue weighted by Crippen LogP contribution is -2.16. The smallest absolute Gasteiger partial charge is 0.228 e. The first kappa shape index (κ1) is 16.4. The molecule has 0 saturated carbocycles. The number of fused-ring (bicyclic) bond motifs is 1. The van der Waals surface area contributed by atoms with Crippen LogP contribution in [0, 0.1) is 6.92 Å².